The monoisotopic (exact) mass is 300 g/mol. The smallest absolute Gasteiger partial charge is 0.342 e. The Kier molecular flexibility index (Phi) is 5.49. The van der Waals surface area contributed by atoms with Crippen molar-refractivity contribution in [1.82, 2.24) is 4.98 Å². The van der Waals surface area contributed by atoms with Gasteiger partial charge >= 0.3 is 5.97 Å². The minimum Gasteiger partial charge on any atom is -0.459 e. The number of hydrogen-bond donors (Lipinski definition) is 2. The van der Waals surface area contributed by atoms with E-state index in [1.807, 2.05) is 24.3 Å². The van der Waals surface area contributed by atoms with Crippen LogP contribution in [0.15, 0.2) is 42.6 Å². The molecular formula is C17H20N2O3. The van der Waals surface area contributed by atoms with Gasteiger partial charge in [0.25, 0.3) is 0 Å². The molecule has 1 aromatic heterocycles. The fourth-order valence-corrected chi connectivity index (χ4v) is 2.05. The third-order valence-corrected chi connectivity index (χ3v) is 3.11. The molecule has 0 atom stereocenters. The average Bonchev–Trinajstić information content (AvgIpc) is 2.52. The third kappa shape index (κ3) is 4.05. The molecule has 0 spiro atoms. The van der Waals surface area contributed by atoms with Crippen LogP contribution in [0.2, 0.25) is 0 Å². The van der Waals surface area contributed by atoms with Gasteiger partial charge in [-0.2, -0.15) is 0 Å². The van der Waals surface area contributed by atoms with Crippen molar-refractivity contribution in [1.29, 1.82) is 0 Å². The second-order valence-electron chi connectivity index (χ2n) is 5.13. The lowest BCUT2D eigenvalue weighted by Crippen LogP contribution is -2.15. The molecular weight excluding hydrogens is 280 g/mol. The summed E-state index contributed by atoms with van der Waals surface area (Å²) >= 11 is 0. The molecule has 22 heavy (non-hydrogen) atoms. The lowest BCUT2D eigenvalue weighted by Gasteiger charge is -2.13. The highest BCUT2D eigenvalue weighted by Crippen LogP contribution is 2.16. The highest BCUT2D eigenvalue weighted by molar-refractivity contribution is 5.94. The SMILES string of the molecule is CC(C)OC(=O)c1cccnc1NCc1ccccc1CO. The number of ether oxygens (including phenoxy) is 1. The fourth-order valence-electron chi connectivity index (χ4n) is 2.05. The number of carbonyl (C=O) groups excluding carboxylic acids is 1. The first-order chi connectivity index (χ1) is 10.6. The standard InChI is InChI=1S/C17H20N2O3/c1-12(2)22-17(21)15-8-5-9-18-16(15)19-10-13-6-3-4-7-14(13)11-20/h3-9,12,20H,10-11H2,1-2H3,(H,18,19). The lowest BCUT2D eigenvalue weighted by atomic mass is 10.1. The Hall–Kier alpha value is -2.40. The minimum absolute atomic E-state index is 0.0255. The Balaban J connectivity index is 2.15. The molecule has 0 fully saturated rings. The molecule has 5 heteroatoms. The van der Waals surface area contributed by atoms with Gasteiger partial charge in [0.1, 0.15) is 11.4 Å². The summed E-state index contributed by atoms with van der Waals surface area (Å²) in [4.78, 5) is 16.3. The Bertz CT molecular complexity index is 641. The number of anilines is 1. The first-order valence-corrected chi connectivity index (χ1v) is 7.19. The number of rotatable bonds is 6. The van der Waals surface area contributed by atoms with Gasteiger partial charge < -0.3 is 15.2 Å². The summed E-state index contributed by atoms with van der Waals surface area (Å²) in [5.41, 5.74) is 2.20. The molecule has 1 aromatic carbocycles. The maximum Gasteiger partial charge on any atom is 0.342 e. The Morgan fingerprint density at radius 3 is 2.64 bits per heavy atom. The molecule has 0 aliphatic heterocycles. The van der Waals surface area contributed by atoms with Crippen molar-refractivity contribution in [3.8, 4) is 0 Å². The minimum atomic E-state index is -0.402. The van der Waals surface area contributed by atoms with Crippen LogP contribution in [0.4, 0.5) is 5.82 Å². The van der Waals surface area contributed by atoms with E-state index in [4.69, 9.17) is 4.74 Å². The molecule has 2 rings (SSSR count). The predicted octanol–water partition coefficient (Wildman–Crippen LogP) is 2.75. The van der Waals surface area contributed by atoms with Crippen LogP contribution in [0, 0.1) is 0 Å². The van der Waals surface area contributed by atoms with Gasteiger partial charge in [-0.05, 0) is 37.1 Å². The number of pyridine rings is 1. The molecule has 0 aliphatic rings. The van der Waals surface area contributed by atoms with E-state index < -0.39 is 5.97 Å². The predicted molar refractivity (Wildman–Crippen MR) is 84.5 cm³/mol. The van der Waals surface area contributed by atoms with Crippen LogP contribution >= 0.6 is 0 Å². The van der Waals surface area contributed by atoms with E-state index in [0.717, 1.165) is 11.1 Å². The van der Waals surface area contributed by atoms with Crippen LogP contribution < -0.4 is 5.32 Å². The summed E-state index contributed by atoms with van der Waals surface area (Å²) in [6, 6.07) is 10.9. The zero-order chi connectivity index (χ0) is 15.9. The van der Waals surface area contributed by atoms with Gasteiger partial charge in [-0.25, -0.2) is 9.78 Å². The van der Waals surface area contributed by atoms with Crippen LogP contribution in [-0.4, -0.2) is 22.2 Å². The number of aromatic nitrogens is 1. The molecule has 2 N–H and O–H groups in total. The quantitative estimate of drug-likeness (QED) is 0.803. The number of nitrogens with zero attached hydrogens (tertiary/aromatic N) is 1. The number of aliphatic hydroxyl groups is 1. The average molecular weight is 300 g/mol. The first kappa shape index (κ1) is 16.0. The van der Waals surface area contributed by atoms with E-state index in [0.29, 0.717) is 17.9 Å². The van der Waals surface area contributed by atoms with Crippen molar-refractivity contribution in [2.24, 2.45) is 0 Å². The molecule has 1 heterocycles. The summed E-state index contributed by atoms with van der Waals surface area (Å²) < 4.78 is 5.21. The highest BCUT2D eigenvalue weighted by atomic mass is 16.5. The van der Waals surface area contributed by atoms with E-state index in [2.05, 4.69) is 10.3 Å². The Labute approximate surface area is 130 Å². The molecule has 0 saturated carbocycles. The van der Waals surface area contributed by atoms with Crippen molar-refractivity contribution in [2.75, 3.05) is 5.32 Å². The number of aliphatic hydroxyl groups excluding tert-OH is 1. The summed E-state index contributed by atoms with van der Waals surface area (Å²) in [6.45, 7) is 4.05. The fraction of sp³-hybridized carbons (Fsp3) is 0.294. The van der Waals surface area contributed by atoms with Gasteiger partial charge in [0, 0.05) is 12.7 Å². The molecule has 0 unspecified atom stereocenters. The van der Waals surface area contributed by atoms with E-state index >= 15 is 0 Å². The van der Waals surface area contributed by atoms with Gasteiger partial charge in [-0.1, -0.05) is 24.3 Å². The molecule has 116 valence electrons. The summed E-state index contributed by atoms with van der Waals surface area (Å²) in [5.74, 6) is 0.0712. The number of esters is 1. The highest BCUT2D eigenvalue weighted by Gasteiger charge is 2.15. The van der Waals surface area contributed by atoms with E-state index in [1.54, 1.807) is 32.2 Å². The normalized spacial score (nSPS) is 10.5. The summed E-state index contributed by atoms with van der Waals surface area (Å²) in [7, 11) is 0. The zero-order valence-electron chi connectivity index (χ0n) is 12.7. The molecule has 0 amide bonds. The first-order valence-electron chi connectivity index (χ1n) is 7.19. The van der Waals surface area contributed by atoms with Crippen molar-refractivity contribution >= 4 is 11.8 Å². The van der Waals surface area contributed by atoms with Crippen LogP contribution in [0.5, 0.6) is 0 Å². The van der Waals surface area contributed by atoms with Crippen molar-refractivity contribution in [2.45, 2.75) is 33.1 Å². The molecule has 0 radical (unpaired) electrons. The number of carbonyl (C=O) groups is 1. The van der Waals surface area contributed by atoms with E-state index in [1.165, 1.54) is 0 Å². The molecule has 0 saturated heterocycles. The Morgan fingerprint density at radius 1 is 1.23 bits per heavy atom. The maximum atomic E-state index is 12.1. The lowest BCUT2D eigenvalue weighted by molar-refractivity contribution is 0.0378. The molecule has 0 bridgehead atoms. The number of nitrogens with one attached hydrogen (secondary N) is 1. The van der Waals surface area contributed by atoms with E-state index in [9.17, 15) is 9.90 Å². The molecule has 5 nitrogen and oxygen atoms in total. The number of benzene rings is 1. The maximum absolute atomic E-state index is 12.1. The van der Waals surface area contributed by atoms with Gasteiger partial charge in [0.2, 0.25) is 0 Å². The molecule has 0 aliphatic carbocycles. The van der Waals surface area contributed by atoms with Crippen molar-refractivity contribution in [3.05, 3.63) is 59.3 Å². The summed E-state index contributed by atoms with van der Waals surface area (Å²) in [6.07, 6.45) is 1.43. The van der Waals surface area contributed by atoms with Crippen LogP contribution in [-0.2, 0) is 17.9 Å². The van der Waals surface area contributed by atoms with Crippen LogP contribution in [0.1, 0.15) is 35.3 Å². The Morgan fingerprint density at radius 2 is 1.95 bits per heavy atom. The third-order valence-electron chi connectivity index (χ3n) is 3.11. The van der Waals surface area contributed by atoms with Gasteiger partial charge in [0.15, 0.2) is 0 Å². The zero-order valence-corrected chi connectivity index (χ0v) is 12.7. The topological polar surface area (TPSA) is 71.5 Å². The van der Waals surface area contributed by atoms with Crippen LogP contribution in [0.3, 0.4) is 0 Å². The van der Waals surface area contributed by atoms with Crippen LogP contribution in [0.25, 0.3) is 0 Å². The largest absolute Gasteiger partial charge is 0.459 e. The van der Waals surface area contributed by atoms with Gasteiger partial charge in [-0.15, -0.1) is 0 Å². The van der Waals surface area contributed by atoms with E-state index in [-0.39, 0.29) is 12.7 Å². The number of hydrogen-bond acceptors (Lipinski definition) is 5. The summed E-state index contributed by atoms with van der Waals surface area (Å²) in [5, 5.41) is 12.5. The van der Waals surface area contributed by atoms with Gasteiger partial charge in [0.05, 0.1) is 12.7 Å². The second kappa shape index (κ2) is 7.56. The van der Waals surface area contributed by atoms with Gasteiger partial charge in [-0.3, -0.25) is 0 Å². The van der Waals surface area contributed by atoms with Crippen molar-refractivity contribution < 1.29 is 14.6 Å². The second-order valence-corrected chi connectivity index (χ2v) is 5.13. The molecule has 2 aromatic rings. The van der Waals surface area contributed by atoms with Crippen molar-refractivity contribution in [3.63, 3.8) is 0 Å².